The van der Waals surface area contributed by atoms with Crippen molar-refractivity contribution >= 4 is 15.9 Å². The van der Waals surface area contributed by atoms with Crippen molar-refractivity contribution in [3.63, 3.8) is 0 Å². The molecule has 0 fully saturated rings. The number of carbonyl (C=O) groups is 1. The number of halogens is 2. The number of carbonyl (C=O) groups excluding carboxylic acids is 1. The molecule has 0 unspecified atom stereocenters. The zero-order valence-electron chi connectivity index (χ0n) is 10.9. The Kier molecular flexibility index (Phi) is 4.38. The summed E-state index contributed by atoms with van der Waals surface area (Å²) in [6, 6.07) is 7.03. The lowest BCUT2D eigenvalue weighted by atomic mass is 10.2. The Morgan fingerprint density at radius 3 is 2.50 bits per heavy atom. The van der Waals surface area contributed by atoms with E-state index >= 15 is 0 Å². The normalized spacial score (nSPS) is 11.2. The second-order valence-corrected chi connectivity index (χ2v) is 5.84. The molecule has 0 aliphatic heterocycles. The van der Waals surface area contributed by atoms with E-state index in [1.54, 1.807) is 4.83 Å². The van der Waals surface area contributed by atoms with Gasteiger partial charge in [-0.25, -0.2) is 17.2 Å². The van der Waals surface area contributed by atoms with Crippen LogP contribution in [0.2, 0.25) is 0 Å². The molecule has 0 atom stereocenters. The molecule has 0 spiro atoms. The van der Waals surface area contributed by atoms with Crippen LogP contribution in [0.1, 0.15) is 10.4 Å². The largest absolute Gasteiger partial charge is 0.508 e. The Bertz CT molecular complexity index is 825. The second-order valence-electron chi connectivity index (χ2n) is 4.18. The van der Waals surface area contributed by atoms with E-state index in [-0.39, 0.29) is 11.3 Å². The van der Waals surface area contributed by atoms with Crippen molar-refractivity contribution in [2.45, 2.75) is 4.90 Å². The maximum atomic E-state index is 13.4. The molecule has 2 aromatic rings. The fourth-order valence-corrected chi connectivity index (χ4v) is 2.50. The number of rotatable bonds is 4. The van der Waals surface area contributed by atoms with Crippen LogP contribution in [-0.2, 0) is 10.0 Å². The van der Waals surface area contributed by atoms with Crippen molar-refractivity contribution in [3.05, 3.63) is 59.7 Å². The Morgan fingerprint density at radius 1 is 1.09 bits per heavy atom. The van der Waals surface area contributed by atoms with Gasteiger partial charge in [0.1, 0.15) is 22.3 Å². The second kappa shape index (κ2) is 6.08. The molecule has 0 saturated carbocycles. The van der Waals surface area contributed by atoms with E-state index < -0.39 is 32.5 Å². The molecule has 0 aliphatic carbocycles. The lowest BCUT2D eigenvalue weighted by Gasteiger charge is -2.09. The monoisotopic (exact) mass is 328 g/mol. The average molecular weight is 328 g/mol. The van der Waals surface area contributed by atoms with Gasteiger partial charge in [0.05, 0.1) is 0 Å². The summed E-state index contributed by atoms with van der Waals surface area (Å²) in [5, 5.41) is 9.23. The molecule has 0 saturated heterocycles. The molecule has 2 aromatic carbocycles. The van der Waals surface area contributed by atoms with Crippen LogP contribution in [0.25, 0.3) is 0 Å². The first-order valence-corrected chi connectivity index (χ1v) is 7.34. The zero-order valence-corrected chi connectivity index (χ0v) is 11.7. The molecule has 116 valence electrons. The highest BCUT2D eigenvalue weighted by atomic mass is 32.2. The van der Waals surface area contributed by atoms with Crippen LogP contribution < -0.4 is 10.3 Å². The van der Waals surface area contributed by atoms with Crippen molar-refractivity contribution in [1.29, 1.82) is 0 Å². The molecule has 0 aromatic heterocycles. The Labute approximate surface area is 124 Å². The van der Waals surface area contributed by atoms with Crippen LogP contribution in [0.15, 0.2) is 47.4 Å². The fraction of sp³-hybridized carbons (Fsp3) is 0. The number of aromatic hydroxyl groups is 1. The predicted octanol–water partition coefficient (Wildman–Crippen LogP) is 1.29. The summed E-state index contributed by atoms with van der Waals surface area (Å²) >= 11 is 0. The number of hydrogen-bond acceptors (Lipinski definition) is 4. The molecule has 22 heavy (non-hydrogen) atoms. The first kappa shape index (κ1) is 15.9. The molecule has 1 amide bonds. The van der Waals surface area contributed by atoms with Gasteiger partial charge >= 0.3 is 0 Å². The summed E-state index contributed by atoms with van der Waals surface area (Å²) in [6.45, 7) is 0. The highest BCUT2D eigenvalue weighted by Crippen LogP contribution is 2.15. The topological polar surface area (TPSA) is 95.5 Å². The summed E-state index contributed by atoms with van der Waals surface area (Å²) in [6.07, 6.45) is 0. The van der Waals surface area contributed by atoms with Crippen molar-refractivity contribution in [2.24, 2.45) is 0 Å². The van der Waals surface area contributed by atoms with Crippen LogP contribution in [0, 0.1) is 11.6 Å². The molecule has 3 N–H and O–H groups in total. The molecule has 0 heterocycles. The molecule has 0 bridgehead atoms. The highest BCUT2D eigenvalue weighted by molar-refractivity contribution is 7.89. The van der Waals surface area contributed by atoms with Crippen LogP contribution >= 0.6 is 0 Å². The summed E-state index contributed by atoms with van der Waals surface area (Å²) in [7, 11) is -4.49. The molecule has 0 radical (unpaired) electrons. The minimum atomic E-state index is -4.49. The molecule has 0 aliphatic rings. The van der Waals surface area contributed by atoms with E-state index in [1.807, 2.05) is 5.43 Å². The van der Waals surface area contributed by atoms with E-state index in [9.17, 15) is 27.1 Å². The first-order chi connectivity index (χ1) is 10.3. The van der Waals surface area contributed by atoms with E-state index in [1.165, 1.54) is 18.2 Å². The minimum Gasteiger partial charge on any atom is -0.508 e. The third-order valence-electron chi connectivity index (χ3n) is 2.59. The van der Waals surface area contributed by atoms with Crippen molar-refractivity contribution in [1.82, 2.24) is 10.3 Å². The summed E-state index contributed by atoms with van der Waals surface area (Å²) in [4.78, 5) is 12.4. The lowest BCUT2D eigenvalue weighted by molar-refractivity contribution is 0.0944. The van der Waals surface area contributed by atoms with E-state index in [4.69, 9.17) is 0 Å². The molecule has 2 rings (SSSR count). The summed E-state index contributed by atoms with van der Waals surface area (Å²) in [5.41, 5.74) is 1.81. The fourth-order valence-electron chi connectivity index (χ4n) is 1.57. The van der Waals surface area contributed by atoms with Gasteiger partial charge in [-0.2, -0.15) is 0 Å². The SMILES string of the molecule is O=C(NNS(=O)(=O)c1cc(F)ccc1F)c1cccc(O)c1. The van der Waals surface area contributed by atoms with Crippen molar-refractivity contribution in [3.8, 4) is 5.75 Å². The smallest absolute Gasteiger partial charge is 0.266 e. The first-order valence-electron chi connectivity index (χ1n) is 5.86. The van der Waals surface area contributed by atoms with Crippen molar-refractivity contribution < 1.29 is 27.1 Å². The zero-order chi connectivity index (χ0) is 16.3. The average Bonchev–Trinajstić information content (AvgIpc) is 2.47. The number of hydrogen-bond donors (Lipinski definition) is 3. The van der Waals surface area contributed by atoms with Gasteiger partial charge in [-0.3, -0.25) is 10.2 Å². The third-order valence-corrected chi connectivity index (χ3v) is 3.85. The molecule has 9 heteroatoms. The summed E-state index contributed by atoms with van der Waals surface area (Å²) < 4.78 is 50.1. The highest BCUT2D eigenvalue weighted by Gasteiger charge is 2.21. The van der Waals surface area contributed by atoms with Gasteiger partial charge in [-0.15, -0.1) is 4.83 Å². The van der Waals surface area contributed by atoms with Crippen LogP contribution in [-0.4, -0.2) is 19.4 Å². The van der Waals surface area contributed by atoms with Crippen LogP contribution in [0.4, 0.5) is 8.78 Å². The standard InChI is InChI=1S/C13H10F2N2O4S/c14-9-4-5-11(15)12(7-9)22(20,21)17-16-13(19)8-2-1-3-10(18)6-8/h1-7,17-18H,(H,16,19). The Morgan fingerprint density at radius 2 is 1.82 bits per heavy atom. The number of nitrogens with one attached hydrogen (secondary N) is 2. The van der Waals surface area contributed by atoms with Gasteiger partial charge in [0.2, 0.25) is 0 Å². The molecular weight excluding hydrogens is 318 g/mol. The quantitative estimate of drug-likeness (QED) is 0.737. The number of benzene rings is 2. The lowest BCUT2D eigenvalue weighted by Crippen LogP contribution is -2.41. The van der Waals surface area contributed by atoms with E-state index in [0.717, 1.165) is 12.1 Å². The summed E-state index contributed by atoms with van der Waals surface area (Å²) in [5.74, 6) is -3.18. The maximum Gasteiger partial charge on any atom is 0.266 e. The molecular formula is C13H10F2N2O4S. The van der Waals surface area contributed by atoms with Gasteiger partial charge in [-0.1, -0.05) is 6.07 Å². The number of phenols is 1. The van der Waals surface area contributed by atoms with Gasteiger partial charge in [0.15, 0.2) is 0 Å². The Balaban J connectivity index is 2.16. The van der Waals surface area contributed by atoms with Gasteiger partial charge in [0, 0.05) is 5.56 Å². The minimum absolute atomic E-state index is 0.0255. The third kappa shape index (κ3) is 3.57. The number of amides is 1. The maximum absolute atomic E-state index is 13.4. The van der Waals surface area contributed by atoms with Gasteiger partial charge < -0.3 is 5.11 Å². The predicted molar refractivity (Wildman–Crippen MR) is 72.3 cm³/mol. The number of phenolic OH excluding ortho intramolecular Hbond substituents is 1. The molecule has 6 nitrogen and oxygen atoms in total. The van der Waals surface area contributed by atoms with Crippen molar-refractivity contribution in [2.75, 3.05) is 0 Å². The van der Waals surface area contributed by atoms with Crippen LogP contribution in [0.3, 0.4) is 0 Å². The Hall–Kier alpha value is -2.52. The van der Waals surface area contributed by atoms with E-state index in [0.29, 0.717) is 12.1 Å². The van der Waals surface area contributed by atoms with Gasteiger partial charge in [-0.05, 0) is 36.4 Å². The van der Waals surface area contributed by atoms with Crippen LogP contribution in [0.5, 0.6) is 5.75 Å². The number of hydrazine groups is 1. The van der Waals surface area contributed by atoms with E-state index in [2.05, 4.69) is 0 Å². The van der Waals surface area contributed by atoms with Gasteiger partial charge in [0.25, 0.3) is 15.9 Å². The number of sulfonamides is 1.